The van der Waals surface area contributed by atoms with Crippen LogP contribution in [0.3, 0.4) is 0 Å². The van der Waals surface area contributed by atoms with E-state index in [0.29, 0.717) is 11.6 Å². The van der Waals surface area contributed by atoms with Crippen molar-refractivity contribution < 1.29 is 0 Å². The number of aromatic nitrogens is 2. The predicted octanol–water partition coefficient (Wildman–Crippen LogP) is 4.57. The predicted molar refractivity (Wildman–Crippen MR) is 80.8 cm³/mol. The fourth-order valence-electron chi connectivity index (χ4n) is 3.30. The van der Waals surface area contributed by atoms with Gasteiger partial charge in [-0.3, -0.25) is 0 Å². The fraction of sp³-hybridized carbons (Fsp3) is 0.500. The molecule has 1 heterocycles. The van der Waals surface area contributed by atoms with E-state index in [-0.39, 0.29) is 5.38 Å². The largest absolute Gasteiger partial charge is 0.324 e. The number of para-hydroxylation sites is 1. The monoisotopic (exact) mass is 287 g/mol. The summed E-state index contributed by atoms with van der Waals surface area (Å²) < 4.78 is 2.28. The SMILES string of the molecule is CC1CCC(n2c(C(C)Cl)nc3c(C#N)cccc32)C1. The Kier molecular flexibility index (Phi) is 3.43. The summed E-state index contributed by atoms with van der Waals surface area (Å²) in [6.07, 6.45) is 3.58. The van der Waals surface area contributed by atoms with Gasteiger partial charge < -0.3 is 4.57 Å². The van der Waals surface area contributed by atoms with Crippen molar-refractivity contribution in [1.82, 2.24) is 9.55 Å². The summed E-state index contributed by atoms with van der Waals surface area (Å²) in [6.45, 7) is 4.24. The number of hydrogen-bond acceptors (Lipinski definition) is 2. The van der Waals surface area contributed by atoms with Crippen molar-refractivity contribution in [3.63, 3.8) is 0 Å². The Balaban J connectivity index is 2.23. The van der Waals surface area contributed by atoms with Crippen LogP contribution in [0.4, 0.5) is 0 Å². The molecule has 1 fully saturated rings. The fourth-order valence-corrected chi connectivity index (χ4v) is 3.46. The Bertz CT molecular complexity index is 681. The molecule has 3 atom stereocenters. The lowest BCUT2D eigenvalue weighted by Crippen LogP contribution is -2.10. The first kappa shape index (κ1) is 13.5. The number of nitrogens with zero attached hydrogens (tertiary/aromatic N) is 3. The zero-order valence-corrected chi connectivity index (χ0v) is 12.6. The summed E-state index contributed by atoms with van der Waals surface area (Å²) >= 11 is 6.32. The van der Waals surface area contributed by atoms with Gasteiger partial charge in [-0.2, -0.15) is 5.26 Å². The molecule has 0 saturated heterocycles. The van der Waals surface area contributed by atoms with Gasteiger partial charge in [-0.05, 0) is 44.2 Å². The van der Waals surface area contributed by atoms with E-state index in [9.17, 15) is 5.26 Å². The molecular weight excluding hydrogens is 270 g/mol. The number of benzene rings is 1. The maximum absolute atomic E-state index is 9.25. The van der Waals surface area contributed by atoms with Crippen molar-refractivity contribution in [3.05, 3.63) is 29.6 Å². The maximum atomic E-state index is 9.25. The van der Waals surface area contributed by atoms with Crippen molar-refractivity contribution in [3.8, 4) is 6.07 Å². The zero-order valence-electron chi connectivity index (χ0n) is 11.8. The number of imidazole rings is 1. The van der Waals surface area contributed by atoms with Crippen molar-refractivity contribution in [2.24, 2.45) is 5.92 Å². The second-order valence-corrected chi connectivity index (χ2v) is 6.47. The molecule has 1 aromatic heterocycles. The molecule has 0 radical (unpaired) electrons. The van der Waals surface area contributed by atoms with Crippen LogP contribution in [0.25, 0.3) is 11.0 Å². The van der Waals surface area contributed by atoms with Crippen molar-refractivity contribution in [2.45, 2.75) is 44.5 Å². The van der Waals surface area contributed by atoms with Gasteiger partial charge >= 0.3 is 0 Å². The topological polar surface area (TPSA) is 41.6 Å². The average molecular weight is 288 g/mol. The third-order valence-electron chi connectivity index (χ3n) is 4.26. The highest BCUT2D eigenvalue weighted by Crippen LogP contribution is 2.39. The van der Waals surface area contributed by atoms with Crippen LogP contribution >= 0.6 is 11.6 Å². The van der Waals surface area contributed by atoms with Gasteiger partial charge in [0.15, 0.2) is 0 Å². The molecule has 2 aromatic rings. The van der Waals surface area contributed by atoms with E-state index in [2.05, 4.69) is 28.6 Å². The minimum Gasteiger partial charge on any atom is -0.324 e. The summed E-state index contributed by atoms with van der Waals surface area (Å²) in [7, 11) is 0. The summed E-state index contributed by atoms with van der Waals surface area (Å²) in [6, 6.07) is 8.49. The minimum absolute atomic E-state index is 0.148. The first-order valence-corrected chi connectivity index (χ1v) is 7.60. The van der Waals surface area contributed by atoms with Crippen molar-refractivity contribution >= 4 is 22.6 Å². The van der Waals surface area contributed by atoms with Crippen LogP contribution in [0.5, 0.6) is 0 Å². The molecule has 3 rings (SSSR count). The maximum Gasteiger partial charge on any atom is 0.128 e. The van der Waals surface area contributed by atoms with Gasteiger partial charge in [0, 0.05) is 6.04 Å². The molecule has 0 amide bonds. The molecule has 4 heteroatoms. The molecular formula is C16H18ClN3. The van der Waals surface area contributed by atoms with Crippen LogP contribution < -0.4 is 0 Å². The van der Waals surface area contributed by atoms with Gasteiger partial charge in [0.25, 0.3) is 0 Å². The van der Waals surface area contributed by atoms with Gasteiger partial charge in [0.05, 0.1) is 16.5 Å². The van der Waals surface area contributed by atoms with E-state index < -0.39 is 0 Å². The number of rotatable bonds is 2. The number of fused-ring (bicyclic) bond motifs is 1. The minimum atomic E-state index is -0.148. The van der Waals surface area contributed by atoms with E-state index >= 15 is 0 Å². The average Bonchev–Trinajstić information content (AvgIpc) is 3.01. The summed E-state index contributed by atoms with van der Waals surface area (Å²) in [5.74, 6) is 1.64. The van der Waals surface area contributed by atoms with Crippen LogP contribution in [0.2, 0.25) is 0 Å². The molecule has 3 nitrogen and oxygen atoms in total. The smallest absolute Gasteiger partial charge is 0.128 e. The standard InChI is InChI=1S/C16H18ClN3/c1-10-6-7-13(8-10)20-14-5-3-4-12(9-18)15(14)19-16(20)11(2)17/h3-5,10-11,13H,6-8H2,1-2H3. The molecule has 104 valence electrons. The Morgan fingerprint density at radius 3 is 2.85 bits per heavy atom. The molecule has 3 unspecified atom stereocenters. The highest BCUT2D eigenvalue weighted by Gasteiger charge is 2.28. The lowest BCUT2D eigenvalue weighted by molar-refractivity contribution is 0.488. The zero-order chi connectivity index (χ0) is 14.3. The molecule has 20 heavy (non-hydrogen) atoms. The second-order valence-electron chi connectivity index (χ2n) is 5.81. The van der Waals surface area contributed by atoms with Crippen molar-refractivity contribution in [1.29, 1.82) is 5.26 Å². The van der Waals surface area contributed by atoms with E-state index in [1.54, 1.807) is 0 Å². The Hall–Kier alpha value is -1.53. The highest BCUT2D eigenvalue weighted by atomic mass is 35.5. The van der Waals surface area contributed by atoms with Crippen LogP contribution in [0.1, 0.15) is 55.9 Å². The number of hydrogen-bond donors (Lipinski definition) is 0. The highest BCUT2D eigenvalue weighted by molar-refractivity contribution is 6.20. The molecule has 0 N–H and O–H groups in total. The van der Waals surface area contributed by atoms with Crippen molar-refractivity contribution in [2.75, 3.05) is 0 Å². The van der Waals surface area contributed by atoms with Gasteiger partial charge in [0.2, 0.25) is 0 Å². The first-order chi connectivity index (χ1) is 9.61. The van der Waals surface area contributed by atoms with Gasteiger partial charge in [-0.1, -0.05) is 13.0 Å². The normalized spacial score (nSPS) is 23.9. The molecule has 1 saturated carbocycles. The van der Waals surface area contributed by atoms with Crippen LogP contribution in [-0.4, -0.2) is 9.55 Å². The second kappa shape index (κ2) is 5.10. The molecule has 1 aliphatic rings. The molecule has 0 spiro atoms. The summed E-state index contributed by atoms with van der Waals surface area (Å²) in [5.41, 5.74) is 2.47. The number of halogens is 1. The van der Waals surface area contributed by atoms with E-state index in [1.807, 2.05) is 19.1 Å². The molecule has 0 bridgehead atoms. The molecule has 0 aliphatic heterocycles. The third kappa shape index (κ3) is 2.09. The Morgan fingerprint density at radius 1 is 1.45 bits per heavy atom. The Labute approximate surface area is 124 Å². The quantitative estimate of drug-likeness (QED) is 0.759. The Morgan fingerprint density at radius 2 is 2.25 bits per heavy atom. The van der Waals surface area contributed by atoms with Gasteiger partial charge in [0.1, 0.15) is 17.4 Å². The number of nitriles is 1. The van der Waals surface area contributed by atoms with Crippen LogP contribution in [0, 0.1) is 17.2 Å². The number of alkyl halides is 1. The van der Waals surface area contributed by atoms with E-state index in [4.69, 9.17) is 11.6 Å². The lowest BCUT2D eigenvalue weighted by Gasteiger charge is -2.17. The van der Waals surface area contributed by atoms with Crippen LogP contribution in [0.15, 0.2) is 18.2 Å². The first-order valence-electron chi connectivity index (χ1n) is 7.16. The van der Waals surface area contributed by atoms with Gasteiger partial charge in [-0.25, -0.2) is 4.98 Å². The van der Waals surface area contributed by atoms with Gasteiger partial charge in [-0.15, -0.1) is 11.6 Å². The van der Waals surface area contributed by atoms with E-state index in [0.717, 1.165) is 22.8 Å². The summed E-state index contributed by atoms with van der Waals surface area (Å²) in [4.78, 5) is 4.66. The lowest BCUT2D eigenvalue weighted by atomic mass is 10.1. The van der Waals surface area contributed by atoms with E-state index in [1.165, 1.54) is 19.3 Å². The molecule has 1 aliphatic carbocycles. The van der Waals surface area contributed by atoms with Crippen LogP contribution in [-0.2, 0) is 0 Å². The third-order valence-corrected chi connectivity index (χ3v) is 4.45. The molecule has 1 aromatic carbocycles. The summed E-state index contributed by atoms with van der Waals surface area (Å²) in [5, 5.41) is 9.10.